The van der Waals surface area contributed by atoms with Crippen LogP contribution in [0, 0.1) is 10.1 Å². The zero-order chi connectivity index (χ0) is 20.1. The highest BCUT2D eigenvalue weighted by Crippen LogP contribution is 2.22. The van der Waals surface area contributed by atoms with Gasteiger partial charge in [0.1, 0.15) is 5.75 Å². The van der Waals surface area contributed by atoms with E-state index in [0.717, 1.165) is 11.3 Å². The van der Waals surface area contributed by atoms with Crippen molar-refractivity contribution in [3.63, 3.8) is 0 Å². The van der Waals surface area contributed by atoms with Crippen molar-refractivity contribution < 1.29 is 14.5 Å². The number of ether oxygens (including phenoxy) is 1. The summed E-state index contributed by atoms with van der Waals surface area (Å²) in [7, 11) is 0. The lowest BCUT2D eigenvalue weighted by atomic mass is 10.1. The molecule has 0 saturated heterocycles. The standard InChI is InChI=1S/C19H17ClN4O4/c1-2-28-16-9-7-15(8-10-16)21-19(25)14-5-3-13(4-6-14)11-23-12-17(20)18(22-23)24(26)27/h3-10,12H,2,11H2,1H3,(H,21,25). The Balaban J connectivity index is 1.64. The van der Waals surface area contributed by atoms with Crippen molar-refractivity contribution in [1.29, 1.82) is 0 Å². The van der Waals surface area contributed by atoms with Gasteiger partial charge in [0.2, 0.25) is 0 Å². The second-order valence-electron chi connectivity index (χ2n) is 5.86. The molecular weight excluding hydrogens is 384 g/mol. The third-order valence-corrected chi connectivity index (χ3v) is 4.12. The van der Waals surface area contributed by atoms with Gasteiger partial charge in [-0.05, 0) is 53.8 Å². The molecule has 0 bridgehead atoms. The van der Waals surface area contributed by atoms with Gasteiger partial charge in [0.15, 0.2) is 5.02 Å². The number of carbonyl (C=O) groups is 1. The van der Waals surface area contributed by atoms with E-state index < -0.39 is 4.92 Å². The maximum atomic E-state index is 12.4. The number of nitrogens with one attached hydrogen (secondary N) is 1. The number of aromatic nitrogens is 2. The van der Waals surface area contributed by atoms with Gasteiger partial charge in [0, 0.05) is 11.3 Å². The summed E-state index contributed by atoms with van der Waals surface area (Å²) in [6.45, 7) is 2.78. The summed E-state index contributed by atoms with van der Waals surface area (Å²) < 4.78 is 6.75. The molecule has 0 aliphatic heterocycles. The van der Waals surface area contributed by atoms with Gasteiger partial charge >= 0.3 is 5.82 Å². The first kappa shape index (κ1) is 19.4. The zero-order valence-electron chi connectivity index (χ0n) is 15.0. The molecule has 28 heavy (non-hydrogen) atoms. The topological polar surface area (TPSA) is 99.3 Å². The second kappa shape index (κ2) is 8.53. The van der Waals surface area contributed by atoms with E-state index in [4.69, 9.17) is 16.3 Å². The Morgan fingerprint density at radius 1 is 1.21 bits per heavy atom. The highest BCUT2D eigenvalue weighted by molar-refractivity contribution is 6.32. The van der Waals surface area contributed by atoms with E-state index in [1.165, 1.54) is 10.9 Å². The average molecular weight is 401 g/mol. The molecule has 0 aliphatic rings. The van der Waals surface area contributed by atoms with Crippen LogP contribution in [-0.4, -0.2) is 27.2 Å². The molecule has 8 nitrogen and oxygen atoms in total. The van der Waals surface area contributed by atoms with Gasteiger partial charge in [-0.2, -0.15) is 4.68 Å². The Kier molecular flexibility index (Phi) is 5.90. The molecule has 0 fully saturated rings. The van der Waals surface area contributed by atoms with Gasteiger partial charge in [0.05, 0.1) is 24.4 Å². The van der Waals surface area contributed by atoms with Gasteiger partial charge in [-0.15, -0.1) is 0 Å². The van der Waals surface area contributed by atoms with Gasteiger partial charge in [-0.25, -0.2) is 0 Å². The van der Waals surface area contributed by atoms with Crippen molar-refractivity contribution in [2.75, 3.05) is 11.9 Å². The van der Waals surface area contributed by atoms with E-state index in [1.54, 1.807) is 48.5 Å². The van der Waals surface area contributed by atoms with E-state index in [0.29, 0.717) is 24.4 Å². The van der Waals surface area contributed by atoms with Crippen LogP contribution in [0.3, 0.4) is 0 Å². The summed E-state index contributed by atoms with van der Waals surface area (Å²) in [6.07, 6.45) is 1.40. The van der Waals surface area contributed by atoms with E-state index in [-0.39, 0.29) is 16.7 Å². The number of nitro groups is 1. The molecule has 3 rings (SSSR count). The molecule has 144 valence electrons. The van der Waals surface area contributed by atoms with E-state index in [2.05, 4.69) is 10.4 Å². The van der Waals surface area contributed by atoms with E-state index in [1.807, 2.05) is 6.92 Å². The van der Waals surface area contributed by atoms with Crippen molar-refractivity contribution in [3.05, 3.63) is 81.0 Å². The summed E-state index contributed by atoms with van der Waals surface area (Å²) in [4.78, 5) is 22.5. The smallest absolute Gasteiger partial charge is 0.408 e. The number of benzene rings is 2. The Labute approximate surface area is 165 Å². The summed E-state index contributed by atoms with van der Waals surface area (Å²) in [5.74, 6) is 0.116. The summed E-state index contributed by atoms with van der Waals surface area (Å²) in [6, 6.07) is 14.0. The van der Waals surface area contributed by atoms with Crippen LogP contribution in [0.4, 0.5) is 11.5 Å². The molecule has 0 aliphatic carbocycles. The van der Waals surface area contributed by atoms with Gasteiger partial charge < -0.3 is 20.2 Å². The molecule has 9 heteroatoms. The number of hydrogen-bond acceptors (Lipinski definition) is 5. The van der Waals surface area contributed by atoms with Crippen molar-refractivity contribution in [2.24, 2.45) is 0 Å². The number of anilines is 1. The first-order valence-corrected chi connectivity index (χ1v) is 8.84. The molecule has 0 atom stereocenters. The van der Waals surface area contributed by atoms with Gasteiger partial charge in [0.25, 0.3) is 5.91 Å². The third-order valence-electron chi connectivity index (χ3n) is 3.86. The number of nitrogens with zero attached hydrogens (tertiary/aromatic N) is 3. The fourth-order valence-corrected chi connectivity index (χ4v) is 2.76. The minimum atomic E-state index is -0.632. The second-order valence-corrected chi connectivity index (χ2v) is 6.27. The number of amides is 1. The SMILES string of the molecule is CCOc1ccc(NC(=O)c2ccc(Cn3cc(Cl)c([N+](=O)[O-])n3)cc2)cc1. The lowest BCUT2D eigenvalue weighted by Gasteiger charge is -2.08. The minimum Gasteiger partial charge on any atom is -0.494 e. The molecule has 2 aromatic carbocycles. The van der Waals surface area contributed by atoms with Crippen LogP contribution in [-0.2, 0) is 6.54 Å². The number of carbonyl (C=O) groups excluding carboxylic acids is 1. The van der Waals surface area contributed by atoms with Crippen LogP contribution in [0.1, 0.15) is 22.8 Å². The third kappa shape index (κ3) is 4.66. The maximum absolute atomic E-state index is 12.4. The quantitative estimate of drug-likeness (QED) is 0.474. The first-order chi connectivity index (χ1) is 13.5. The predicted octanol–water partition coefficient (Wildman–Crippen LogP) is 4.14. The molecule has 0 unspecified atom stereocenters. The Morgan fingerprint density at radius 2 is 1.89 bits per heavy atom. The average Bonchev–Trinajstić information content (AvgIpc) is 3.04. The molecule has 1 N–H and O–H groups in total. The van der Waals surface area contributed by atoms with Crippen molar-refractivity contribution >= 4 is 29.0 Å². The van der Waals surface area contributed by atoms with Crippen molar-refractivity contribution in [2.45, 2.75) is 13.5 Å². The van der Waals surface area contributed by atoms with Gasteiger partial charge in [-0.1, -0.05) is 23.7 Å². The number of rotatable bonds is 7. The van der Waals surface area contributed by atoms with Crippen LogP contribution in [0.15, 0.2) is 54.7 Å². The van der Waals surface area contributed by atoms with Crippen LogP contribution in [0.5, 0.6) is 5.75 Å². The molecule has 1 aromatic heterocycles. The molecule has 0 spiro atoms. The van der Waals surface area contributed by atoms with Crippen LogP contribution in [0.25, 0.3) is 0 Å². The van der Waals surface area contributed by atoms with Crippen molar-refractivity contribution in [3.8, 4) is 5.75 Å². The van der Waals surface area contributed by atoms with Gasteiger partial charge in [-0.3, -0.25) is 4.79 Å². The highest BCUT2D eigenvalue weighted by Gasteiger charge is 2.19. The number of halogens is 1. The van der Waals surface area contributed by atoms with Crippen LogP contribution < -0.4 is 10.1 Å². The highest BCUT2D eigenvalue weighted by atomic mass is 35.5. The van der Waals surface area contributed by atoms with Crippen molar-refractivity contribution in [1.82, 2.24) is 9.78 Å². The van der Waals surface area contributed by atoms with Crippen LogP contribution >= 0.6 is 11.6 Å². The molecular formula is C19H17ClN4O4. The summed E-state index contributed by atoms with van der Waals surface area (Å²) >= 11 is 5.79. The molecule has 1 amide bonds. The fraction of sp³-hybridized carbons (Fsp3) is 0.158. The van der Waals surface area contributed by atoms with E-state index >= 15 is 0 Å². The molecule has 0 saturated carbocycles. The molecule has 1 heterocycles. The van der Waals surface area contributed by atoms with E-state index in [9.17, 15) is 14.9 Å². The monoisotopic (exact) mass is 400 g/mol. The lowest BCUT2D eigenvalue weighted by Crippen LogP contribution is -2.12. The maximum Gasteiger partial charge on any atom is 0.408 e. The number of hydrogen-bond donors (Lipinski definition) is 1. The molecule has 0 radical (unpaired) electrons. The predicted molar refractivity (Wildman–Crippen MR) is 105 cm³/mol. The Morgan fingerprint density at radius 3 is 2.46 bits per heavy atom. The zero-order valence-corrected chi connectivity index (χ0v) is 15.7. The Bertz CT molecular complexity index is 984. The minimum absolute atomic E-state index is 0.0173. The summed E-state index contributed by atoms with van der Waals surface area (Å²) in [5, 5.41) is 17.4. The first-order valence-electron chi connectivity index (χ1n) is 8.46. The van der Waals surface area contributed by atoms with Crippen LogP contribution in [0.2, 0.25) is 5.02 Å². The lowest BCUT2D eigenvalue weighted by molar-refractivity contribution is -0.389. The summed E-state index contributed by atoms with van der Waals surface area (Å²) in [5.41, 5.74) is 1.98. The normalized spacial score (nSPS) is 10.5. The molecule has 3 aromatic rings. The largest absolute Gasteiger partial charge is 0.494 e. The Hall–Kier alpha value is -3.39. The fourth-order valence-electron chi connectivity index (χ4n) is 2.54.